The van der Waals surface area contributed by atoms with Gasteiger partial charge in [-0.2, -0.15) is 0 Å². The zero-order valence-corrected chi connectivity index (χ0v) is 13.7. The van der Waals surface area contributed by atoms with E-state index in [0.717, 1.165) is 23.6 Å². The van der Waals surface area contributed by atoms with Crippen LogP contribution in [0.25, 0.3) is 0 Å². The number of nitrogens with zero attached hydrogens (tertiary/aromatic N) is 1. The number of benzene rings is 1. The number of hydrogen-bond donors (Lipinski definition) is 1. The average Bonchev–Trinajstić information content (AvgIpc) is 2.41. The fourth-order valence-corrected chi connectivity index (χ4v) is 3.74. The number of nitrogens with two attached hydrogens (primary N) is 1. The molecule has 2 atom stereocenters. The Morgan fingerprint density at radius 1 is 1.29 bits per heavy atom. The smallest absolute Gasteiger partial charge is 0.244 e. The van der Waals surface area contributed by atoms with Gasteiger partial charge in [0.05, 0.1) is 11.8 Å². The van der Waals surface area contributed by atoms with E-state index in [1.165, 1.54) is 26.6 Å². The molecule has 6 heteroatoms. The molecule has 0 spiro atoms. The van der Waals surface area contributed by atoms with Crippen LogP contribution in [-0.2, 0) is 10.0 Å². The largest absolute Gasteiger partial charge is 0.488 e. The van der Waals surface area contributed by atoms with Gasteiger partial charge in [0.1, 0.15) is 10.6 Å². The van der Waals surface area contributed by atoms with E-state index in [2.05, 4.69) is 6.92 Å². The molecule has 1 fully saturated rings. The van der Waals surface area contributed by atoms with Crippen molar-refractivity contribution in [3.05, 3.63) is 18.2 Å². The minimum Gasteiger partial charge on any atom is -0.488 e. The Balaban J connectivity index is 2.26. The lowest BCUT2D eigenvalue weighted by molar-refractivity contribution is 0.130. The van der Waals surface area contributed by atoms with Gasteiger partial charge in [-0.3, -0.25) is 0 Å². The summed E-state index contributed by atoms with van der Waals surface area (Å²) < 4.78 is 31.6. The number of sulfonamides is 1. The molecular weight excluding hydrogens is 288 g/mol. The third kappa shape index (κ3) is 3.49. The number of para-hydroxylation sites is 1. The molecule has 0 heterocycles. The van der Waals surface area contributed by atoms with Gasteiger partial charge >= 0.3 is 0 Å². The van der Waals surface area contributed by atoms with Crippen LogP contribution in [0.4, 0.5) is 5.69 Å². The van der Waals surface area contributed by atoms with Crippen LogP contribution in [0.2, 0.25) is 0 Å². The van der Waals surface area contributed by atoms with Crippen LogP contribution in [0.3, 0.4) is 0 Å². The van der Waals surface area contributed by atoms with Crippen molar-refractivity contribution in [3.63, 3.8) is 0 Å². The van der Waals surface area contributed by atoms with Crippen LogP contribution in [-0.4, -0.2) is 32.9 Å². The third-order valence-corrected chi connectivity index (χ3v) is 5.84. The summed E-state index contributed by atoms with van der Waals surface area (Å²) in [6.45, 7) is 2.21. The summed E-state index contributed by atoms with van der Waals surface area (Å²) in [4.78, 5) is 0.105. The first kappa shape index (κ1) is 16.1. The topological polar surface area (TPSA) is 72.6 Å². The second-order valence-electron chi connectivity index (χ2n) is 5.97. The lowest BCUT2D eigenvalue weighted by Crippen LogP contribution is -2.26. The molecular formula is C15H24N2O3S. The number of hydrogen-bond acceptors (Lipinski definition) is 4. The van der Waals surface area contributed by atoms with E-state index in [4.69, 9.17) is 10.5 Å². The molecule has 118 valence electrons. The van der Waals surface area contributed by atoms with Crippen molar-refractivity contribution in [2.75, 3.05) is 19.8 Å². The SMILES string of the molecule is CC1CCCC(Oc2cccc(S(=O)(=O)N(C)C)c2N)C1. The molecule has 0 saturated heterocycles. The minimum absolute atomic E-state index is 0.105. The molecule has 2 rings (SSSR count). The lowest BCUT2D eigenvalue weighted by Gasteiger charge is -2.28. The predicted molar refractivity (Wildman–Crippen MR) is 83.8 cm³/mol. The molecule has 0 radical (unpaired) electrons. The molecule has 0 bridgehead atoms. The van der Waals surface area contributed by atoms with Crippen molar-refractivity contribution in [1.29, 1.82) is 0 Å². The summed E-state index contributed by atoms with van der Waals surface area (Å²) in [6, 6.07) is 4.93. The molecule has 21 heavy (non-hydrogen) atoms. The Labute approximate surface area is 127 Å². The van der Waals surface area contributed by atoms with Gasteiger partial charge in [-0.25, -0.2) is 12.7 Å². The van der Waals surface area contributed by atoms with Crippen LogP contribution in [0.15, 0.2) is 23.1 Å². The molecule has 1 aromatic carbocycles. The molecule has 5 nitrogen and oxygen atoms in total. The Bertz CT molecular complexity index is 599. The molecule has 2 N–H and O–H groups in total. The Hall–Kier alpha value is -1.27. The molecule has 0 amide bonds. The van der Waals surface area contributed by atoms with Crippen molar-refractivity contribution >= 4 is 15.7 Å². The van der Waals surface area contributed by atoms with Crippen molar-refractivity contribution < 1.29 is 13.2 Å². The summed E-state index contributed by atoms with van der Waals surface area (Å²) in [5, 5.41) is 0. The second kappa shape index (κ2) is 6.23. The first-order valence-electron chi connectivity index (χ1n) is 7.30. The van der Waals surface area contributed by atoms with Gasteiger partial charge in [0, 0.05) is 14.1 Å². The summed E-state index contributed by atoms with van der Waals surface area (Å²) >= 11 is 0. The number of rotatable bonds is 4. The van der Waals surface area contributed by atoms with E-state index in [1.54, 1.807) is 12.1 Å². The van der Waals surface area contributed by atoms with Crippen LogP contribution in [0.5, 0.6) is 5.75 Å². The second-order valence-corrected chi connectivity index (χ2v) is 8.09. The summed E-state index contributed by atoms with van der Waals surface area (Å²) in [5.74, 6) is 1.11. The first-order valence-corrected chi connectivity index (χ1v) is 8.74. The van der Waals surface area contributed by atoms with E-state index in [0.29, 0.717) is 11.7 Å². The van der Waals surface area contributed by atoms with Gasteiger partial charge in [0.2, 0.25) is 10.0 Å². The van der Waals surface area contributed by atoms with Gasteiger partial charge in [0.25, 0.3) is 0 Å². The fourth-order valence-electron chi connectivity index (χ4n) is 2.71. The van der Waals surface area contributed by atoms with E-state index >= 15 is 0 Å². The van der Waals surface area contributed by atoms with Crippen molar-refractivity contribution in [3.8, 4) is 5.75 Å². The van der Waals surface area contributed by atoms with Gasteiger partial charge in [-0.1, -0.05) is 19.4 Å². The number of anilines is 1. The zero-order chi connectivity index (χ0) is 15.6. The maximum Gasteiger partial charge on any atom is 0.244 e. The molecule has 1 aliphatic rings. The summed E-state index contributed by atoms with van der Waals surface area (Å²) in [5.41, 5.74) is 6.23. The molecule has 2 unspecified atom stereocenters. The Morgan fingerprint density at radius 2 is 2.00 bits per heavy atom. The van der Waals surface area contributed by atoms with Crippen LogP contribution < -0.4 is 10.5 Å². The first-order chi connectivity index (χ1) is 9.82. The molecule has 0 aliphatic heterocycles. The number of nitrogen functional groups attached to an aromatic ring is 1. The Morgan fingerprint density at radius 3 is 2.62 bits per heavy atom. The van der Waals surface area contributed by atoms with E-state index in [9.17, 15) is 8.42 Å². The highest BCUT2D eigenvalue weighted by atomic mass is 32.2. The normalized spacial score (nSPS) is 23.2. The monoisotopic (exact) mass is 312 g/mol. The molecule has 1 saturated carbocycles. The van der Waals surface area contributed by atoms with Crippen molar-refractivity contribution in [2.24, 2.45) is 5.92 Å². The van der Waals surface area contributed by atoms with Gasteiger partial charge in [0.15, 0.2) is 0 Å². The average molecular weight is 312 g/mol. The standard InChI is InChI=1S/C15H24N2O3S/c1-11-6-4-7-12(10-11)20-13-8-5-9-14(15(13)16)21(18,19)17(2)3/h5,8-9,11-12H,4,6-7,10,16H2,1-3H3. The van der Waals surface area contributed by atoms with Crippen LogP contribution >= 0.6 is 0 Å². The van der Waals surface area contributed by atoms with Crippen LogP contribution in [0, 0.1) is 5.92 Å². The van der Waals surface area contributed by atoms with Gasteiger partial charge < -0.3 is 10.5 Å². The molecule has 1 aromatic rings. The summed E-state index contributed by atoms with van der Waals surface area (Å²) in [6.07, 6.45) is 4.47. The van der Waals surface area contributed by atoms with Crippen molar-refractivity contribution in [1.82, 2.24) is 4.31 Å². The molecule has 0 aromatic heterocycles. The quantitative estimate of drug-likeness (QED) is 0.867. The highest BCUT2D eigenvalue weighted by Gasteiger charge is 2.25. The highest BCUT2D eigenvalue weighted by Crippen LogP contribution is 2.33. The predicted octanol–water partition coefficient (Wildman–Crippen LogP) is 2.48. The van der Waals surface area contributed by atoms with E-state index in [-0.39, 0.29) is 16.7 Å². The maximum absolute atomic E-state index is 12.2. The van der Waals surface area contributed by atoms with E-state index in [1.807, 2.05) is 0 Å². The van der Waals surface area contributed by atoms with Crippen molar-refractivity contribution in [2.45, 2.75) is 43.6 Å². The highest BCUT2D eigenvalue weighted by molar-refractivity contribution is 7.89. The Kier molecular flexibility index (Phi) is 4.78. The number of ether oxygens (including phenoxy) is 1. The minimum atomic E-state index is -3.55. The van der Waals surface area contributed by atoms with Gasteiger partial charge in [-0.05, 0) is 37.3 Å². The van der Waals surface area contributed by atoms with Crippen LogP contribution in [0.1, 0.15) is 32.6 Å². The van der Waals surface area contributed by atoms with E-state index < -0.39 is 10.0 Å². The third-order valence-electron chi connectivity index (χ3n) is 3.97. The maximum atomic E-state index is 12.2. The van der Waals surface area contributed by atoms with Gasteiger partial charge in [-0.15, -0.1) is 0 Å². The summed E-state index contributed by atoms with van der Waals surface area (Å²) in [7, 11) is -0.571. The zero-order valence-electron chi connectivity index (χ0n) is 12.9. The fraction of sp³-hybridized carbons (Fsp3) is 0.600. The molecule has 1 aliphatic carbocycles. The lowest BCUT2D eigenvalue weighted by atomic mass is 9.89.